The van der Waals surface area contributed by atoms with E-state index in [1.807, 2.05) is 12.1 Å². The van der Waals surface area contributed by atoms with E-state index in [0.29, 0.717) is 16.0 Å². The molecule has 1 N–H and O–H groups in total. The molecule has 4 heteroatoms. The second-order valence-corrected chi connectivity index (χ2v) is 6.00. The Balaban J connectivity index is 2.03. The number of halogens is 2. The van der Waals surface area contributed by atoms with Crippen LogP contribution in [0.3, 0.4) is 0 Å². The third-order valence-electron chi connectivity index (χ3n) is 4.33. The summed E-state index contributed by atoms with van der Waals surface area (Å²) in [6.45, 7) is 0. The Morgan fingerprint density at radius 1 is 1.29 bits per heavy atom. The van der Waals surface area contributed by atoms with Crippen LogP contribution in [0.1, 0.15) is 24.8 Å². The van der Waals surface area contributed by atoms with E-state index < -0.39 is 5.97 Å². The minimum atomic E-state index is -0.684. The fraction of sp³-hybridized carbons (Fsp3) is 0.462. The van der Waals surface area contributed by atoms with Gasteiger partial charge in [-0.1, -0.05) is 29.3 Å². The first-order valence-electron chi connectivity index (χ1n) is 5.71. The van der Waals surface area contributed by atoms with Crippen LogP contribution in [0, 0.1) is 11.8 Å². The molecule has 0 aliphatic heterocycles. The largest absolute Gasteiger partial charge is 0.481 e. The molecule has 0 radical (unpaired) electrons. The molecule has 0 saturated heterocycles. The van der Waals surface area contributed by atoms with Crippen molar-refractivity contribution < 1.29 is 9.90 Å². The zero-order valence-electron chi connectivity index (χ0n) is 9.12. The van der Waals surface area contributed by atoms with Crippen molar-refractivity contribution >= 4 is 29.2 Å². The molecule has 1 atom stereocenters. The summed E-state index contributed by atoms with van der Waals surface area (Å²) >= 11 is 11.9. The van der Waals surface area contributed by atoms with Crippen LogP contribution in [0.15, 0.2) is 18.2 Å². The molecular weight excluding hydrogens is 259 g/mol. The van der Waals surface area contributed by atoms with E-state index in [1.54, 1.807) is 6.07 Å². The molecule has 4 rings (SSSR count). The number of rotatable bonds is 2. The molecule has 1 aromatic carbocycles. The molecule has 1 aromatic rings. The van der Waals surface area contributed by atoms with Crippen LogP contribution in [0.4, 0.5) is 0 Å². The standard InChI is InChI=1S/C13H12Cl2O2/c14-10-2-1-8(4-11(10)15)13-5-7(6-13)3-9(13)12(16)17/h1-2,4,7,9H,3,5-6H2,(H,16,17). The number of carbonyl (C=O) groups is 1. The van der Waals surface area contributed by atoms with Crippen LogP contribution in [-0.4, -0.2) is 11.1 Å². The molecule has 2 nitrogen and oxygen atoms in total. The number of benzene rings is 1. The molecule has 0 aromatic heterocycles. The number of carboxylic acids is 1. The summed E-state index contributed by atoms with van der Waals surface area (Å²) in [6.07, 6.45) is 2.75. The quantitative estimate of drug-likeness (QED) is 0.889. The summed E-state index contributed by atoms with van der Waals surface area (Å²) in [5.41, 5.74) is 0.845. The minimum absolute atomic E-state index is 0.190. The summed E-state index contributed by atoms with van der Waals surface area (Å²) in [5.74, 6) is -0.369. The fourth-order valence-electron chi connectivity index (χ4n) is 3.56. The molecule has 3 aliphatic carbocycles. The number of hydrogen-bond acceptors (Lipinski definition) is 1. The first kappa shape index (κ1) is 11.4. The Morgan fingerprint density at radius 2 is 2.00 bits per heavy atom. The molecule has 0 heterocycles. The van der Waals surface area contributed by atoms with Gasteiger partial charge >= 0.3 is 5.97 Å². The van der Waals surface area contributed by atoms with Crippen molar-refractivity contribution in [2.45, 2.75) is 24.7 Å². The highest BCUT2D eigenvalue weighted by Crippen LogP contribution is 2.63. The minimum Gasteiger partial charge on any atom is -0.481 e. The average molecular weight is 271 g/mol. The van der Waals surface area contributed by atoms with Gasteiger partial charge in [0.25, 0.3) is 0 Å². The molecule has 3 fully saturated rings. The monoisotopic (exact) mass is 270 g/mol. The predicted molar refractivity (Wildman–Crippen MR) is 66.6 cm³/mol. The molecule has 17 heavy (non-hydrogen) atoms. The van der Waals surface area contributed by atoms with Crippen LogP contribution >= 0.6 is 23.2 Å². The molecule has 2 bridgehead atoms. The summed E-state index contributed by atoms with van der Waals surface area (Å²) < 4.78 is 0. The van der Waals surface area contributed by atoms with Gasteiger partial charge in [-0.15, -0.1) is 0 Å². The lowest BCUT2D eigenvalue weighted by molar-refractivity contribution is -0.143. The SMILES string of the molecule is O=C(O)C1CC2CC1(c1ccc(Cl)c(Cl)c1)C2. The van der Waals surface area contributed by atoms with Gasteiger partial charge in [-0.25, -0.2) is 0 Å². The first-order valence-corrected chi connectivity index (χ1v) is 6.47. The summed E-state index contributed by atoms with van der Waals surface area (Å²) in [6, 6.07) is 5.52. The van der Waals surface area contributed by atoms with E-state index in [0.717, 1.165) is 24.8 Å². The molecule has 1 unspecified atom stereocenters. The smallest absolute Gasteiger partial charge is 0.307 e. The predicted octanol–water partition coefficient (Wildman–Crippen LogP) is 3.75. The average Bonchev–Trinajstić information content (AvgIpc) is 2.76. The molecular formula is C13H12Cl2O2. The number of carboxylic acid groups (broad SMARTS) is 1. The van der Waals surface area contributed by atoms with Gasteiger partial charge in [-0.05, 0) is 42.9 Å². The molecule has 0 amide bonds. The Bertz CT molecular complexity index is 492. The lowest BCUT2D eigenvalue weighted by atomic mass is 9.62. The third kappa shape index (κ3) is 1.50. The maximum absolute atomic E-state index is 11.3. The van der Waals surface area contributed by atoms with Gasteiger partial charge in [0, 0.05) is 5.41 Å². The van der Waals surface area contributed by atoms with E-state index >= 15 is 0 Å². The zero-order valence-corrected chi connectivity index (χ0v) is 10.6. The topological polar surface area (TPSA) is 37.3 Å². The molecule has 0 spiro atoms. The van der Waals surface area contributed by atoms with Gasteiger partial charge in [0.05, 0.1) is 16.0 Å². The van der Waals surface area contributed by atoms with Crippen molar-refractivity contribution in [3.05, 3.63) is 33.8 Å². The maximum Gasteiger partial charge on any atom is 0.307 e. The van der Waals surface area contributed by atoms with Crippen LogP contribution in [0.2, 0.25) is 10.0 Å². The summed E-state index contributed by atoms with van der Waals surface area (Å²) in [7, 11) is 0. The zero-order chi connectivity index (χ0) is 12.2. The van der Waals surface area contributed by atoms with E-state index in [-0.39, 0.29) is 11.3 Å². The third-order valence-corrected chi connectivity index (χ3v) is 5.07. The van der Waals surface area contributed by atoms with Gasteiger partial charge < -0.3 is 5.11 Å². The van der Waals surface area contributed by atoms with Gasteiger partial charge in [-0.2, -0.15) is 0 Å². The Morgan fingerprint density at radius 3 is 2.59 bits per heavy atom. The lowest BCUT2D eigenvalue weighted by Gasteiger charge is -2.41. The lowest BCUT2D eigenvalue weighted by Crippen LogP contribution is -2.39. The van der Waals surface area contributed by atoms with Crippen LogP contribution in [0.25, 0.3) is 0 Å². The van der Waals surface area contributed by atoms with Gasteiger partial charge in [0.15, 0.2) is 0 Å². The van der Waals surface area contributed by atoms with E-state index in [9.17, 15) is 9.90 Å². The van der Waals surface area contributed by atoms with E-state index in [2.05, 4.69) is 0 Å². The van der Waals surface area contributed by atoms with Crippen LogP contribution in [0.5, 0.6) is 0 Å². The second-order valence-electron chi connectivity index (χ2n) is 5.19. The van der Waals surface area contributed by atoms with E-state index in [1.165, 1.54) is 0 Å². The number of hydrogen-bond donors (Lipinski definition) is 1. The first-order chi connectivity index (χ1) is 8.03. The van der Waals surface area contributed by atoms with Crippen molar-refractivity contribution in [2.75, 3.05) is 0 Å². The van der Waals surface area contributed by atoms with E-state index in [4.69, 9.17) is 23.2 Å². The van der Waals surface area contributed by atoms with Crippen LogP contribution < -0.4 is 0 Å². The van der Waals surface area contributed by atoms with Gasteiger partial charge in [-0.3, -0.25) is 4.79 Å². The van der Waals surface area contributed by atoms with Crippen molar-refractivity contribution in [3.8, 4) is 0 Å². The molecule has 3 saturated carbocycles. The van der Waals surface area contributed by atoms with Crippen molar-refractivity contribution in [3.63, 3.8) is 0 Å². The normalized spacial score (nSPS) is 34.5. The van der Waals surface area contributed by atoms with Crippen molar-refractivity contribution in [1.82, 2.24) is 0 Å². The number of fused-ring (bicyclic) bond motifs is 1. The fourth-order valence-corrected chi connectivity index (χ4v) is 3.86. The van der Waals surface area contributed by atoms with Crippen LogP contribution in [-0.2, 0) is 10.2 Å². The van der Waals surface area contributed by atoms with Gasteiger partial charge in [0.1, 0.15) is 0 Å². The highest BCUT2D eigenvalue weighted by Gasteiger charge is 2.60. The Hall–Kier alpha value is -0.730. The van der Waals surface area contributed by atoms with Crippen molar-refractivity contribution in [2.24, 2.45) is 11.8 Å². The maximum atomic E-state index is 11.3. The Kier molecular flexibility index (Phi) is 2.43. The highest BCUT2D eigenvalue weighted by atomic mass is 35.5. The van der Waals surface area contributed by atoms with Crippen molar-refractivity contribution in [1.29, 1.82) is 0 Å². The number of aliphatic carboxylic acids is 1. The molecule has 3 aliphatic rings. The Labute approximate surface area is 110 Å². The summed E-state index contributed by atoms with van der Waals surface area (Å²) in [4.78, 5) is 11.3. The second kappa shape index (κ2) is 3.63. The summed E-state index contributed by atoms with van der Waals surface area (Å²) in [5, 5.41) is 10.3. The van der Waals surface area contributed by atoms with Gasteiger partial charge in [0.2, 0.25) is 0 Å². The molecule has 90 valence electrons. The highest BCUT2D eigenvalue weighted by molar-refractivity contribution is 6.42.